The number of nitrogens with two attached hydrogens (primary N) is 1. The fourth-order valence-corrected chi connectivity index (χ4v) is 3.47. The maximum Gasteiger partial charge on any atom is 0.222 e. The van der Waals surface area contributed by atoms with Crippen molar-refractivity contribution < 1.29 is 9.90 Å². The lowest BCUT2D eigenvalue weighted by Gasteiger charge is -2.35. The van der Waals surface area contributed by atoms with Gasteiger partial charge in [0.1, 0.15) is 0 Å². The number of halogens is 1. The highest BCUT2D eigenvalue weighted by atomic mass is 35.5. The van der Waals surface area contributed by atoms with Crippen molar-refractivity contribution in [1.82, 2.24) is 4.90 Å². The fraction of sp³-hybridized carbons (Fsp3) is 0.933. The molecule has 1 aliphatic heterocycles. The van der Waals surface area contributed by atoms with E-state index in [1.165, 1.54) is 12.8 Å². The molecule has 0 radical (unpaired) electrons. The molecule has 0 aromatic rings. The van der Waals surface area contributed by atoms with E-state index in [1.54, 1.807) is 0 Å². The summed E-state index contributed by atoms with van der Waals surface area (Å²) in [7, 11) is 0. The molecule has 3 unspecified atom stereocenters. The van der Waals surface area contributed by atoms with Gasteiger partial charge in [-0.3, -0.25) is 4.79 Å². The molecule has 4 nitrogen and oxygen atoms in total. The summed E-state index contributed by atoms with van der Waals surface area (Å²) in [4.78, 5) is 14.3. The molecule has 118 valence electrons. The molecule has 3 atom stereocenters. The highest BCUT2D eigenvalue weighted by Crippen LogP contribution is 2.27. The van der Waals surface area contributed by atoms with E-state index in [-0.39, 0.29) is 30.5 Å². The number of rotatable bonds is 3. The van der Waals surface area contributed by atoms with Crippen LogP contribution in [0.4, 0.5) is 0 Å². The molecular formula is C15H29ClN2O2. The standard InChI is InChI=1S/C15H28N2O2.ClH/c1-11(18)12-6-8-17(9-7-12)15(19)10-13-4-2-3-5-14(13)16;/h11-14,18H,2-10,16H2,1H3;1H. The Morgan fingerprint density at radius 3 is 2.40 bits per heavy atom. The van der Waals surface area contributed by atoms with Crippen molar-refractivity contribution in [2.75, 3.05) is 13.1 Å². The number of aliphatic hydroxyl groups excluding tert-OH is 1. The quantitative estimate of drug-likeness (QED) is 0.837. The molecule has 0 aromatic heterocycles. The van der Waals surface area contributed by atoms with Crippen LogP contribution in [-0.2, 0) is 4.79 Å². The van der Waals surface area contributed by atoms with Crippen LogP contribution in [0, 0.1) is 11.8 Å². The second-order valence-electron chi connectivity index (χ2n) is 6.37. The zero-order chi connectivity index (χ0) is 13.8. The Hall–Kier alpha value is -0.320. The lowest BCUT2D eigenvalue weighted by atomic mass is 9.82. The zero-order valence-corrected chi connectivity index (χ0v) is 13.3. The Kier molecular flexibility index (Phi) is 7.27. The van der Waals surface area contributed by atoms with Crippen LogP contribution in [0.5, 0.6) is 0 Å². The van der Waals surface area contributed by atoms with E-state index in [4.69, 9.17) is 5.73 Å². The minimum absolute atomic E-state index is 0. The number of likely N-dealkylation sites (tertiary alicyclic amines) is 1. The molecule has 1 aliphatic carbocycles. The number of aliphatic hydroxyl groups is 1. The Labute approximate surface area is 128 Å². The third-order valence-corrected chi connectivity index (χ3v) is 4.98. The number of amides is 1. The number of carbonyl (C=O) groups excluding carboxylic acids is 1. The Bertz CT molecular complexity index is 304. The van der Waals surface area contributed by atoms with Crippen molar-refractivity contribution in [3.63, 3.8) is 0 Å². The first kappa shape index (κ1) is 17.7. The third-order valence-electron chi connectivity index (χ3n) is 4.98. The largest absolute Gasteiger partial charge is 0.393 e. The van der Waals surface area contributed by atoms with Crippen LogP contribution in [0.25, 0.3) is 0 Å². The highest BCUT2D eigenvalue weighted by Gasteiger charge is 2.29. The van der Waals surface area contributed by atoms with E-state index in [9.17, 15) is 9.90 Å². The van der Waals surface area contributed by atoms with Crippen LogP contribution in [0.2, 0.25) is 0 Å². The number of nitrogens with zero attached hydrogens (tertiary/aromatic N) is 1. The first-order valence-corrected chi connectivity index (χ1v) is 7.79. The minimum atomic E-state index is -0.246. The molecule has 2 rings (SSSR count). The van der Waals surface area contributed by atoms with Crippen molar-refractivity contribution in [1.29, 1.82) is 0 Å². The van der Waals surface area contributed by atoms with Crippen LogP contribution in [-0.4, -0.2) is 41.1 Å². The van der Waals surface area contributed by atoms with Gasteiger partial charge in [0, 0.05) is 25.6 Å². The summed E-state index contributed by atoms with van der Waals surface area (Å²) in [5, 5.41) is 9.58. The van der Waals surface area contributed by atoms with E-state index in [0.717, 1.165) is 38.8 Å². The van der Waals surface area contributed by atoms with Crippen molar-refractivity contribution in [2.45, 2.75) is 64.0 Å². The van der Waals surface area contributed by atoms with E-state index >= 15 is 0 Å². The van der Waals surface area contributed by atoms with Crippen molar-refractivity contribution in [3.05, 3.63) is 0 Å². The van der Waals surface area contributed by atoms with Gasteiger partial charge in [-0.1, -0.05) is 12.8 Å². The molecule has 1 heterocycles. The van der Waals surface area contributed by atoms with Gasteiger partial charge in [-0.05, 0) is 44.4 Å². The summed E-state index contributed by atoms with van der Waals surface area (Å²) in [5.74, 6) is 1.02. The summed E-state index contributed by atoms with van der Waals surface area (Å²) >= 11 is 0. The van der Waals surface area contributed by atoms with Gasteiger partial charge in [0.25, 0.3) is 0 Å². The molecule has 1 saturated heterocycles. The topological polar surface area (TPSA) is 66.6 Å². The van der Waals surface area contributed by atoms with Gasteiger partial charge in [-0.25, -0.2) is 0 Å². The number of hydrogen-bond donors (Lipinski definition) is 2. The average Bonchev–Trinajstić information content (AvgIpc) is 2.41. The van der Waals surface area contributed by atoms with Gasteiger partial charge >= 0.3 is 0 Å². The molecule has 2 fully saturated rings. The summed E-state index contributed by atoms with van der Waals surface area (Å²) in [6, 6.07) is 0.215. The molecule has 1 saturated carbocycles. The van der Waals surface area contributed by atoms with Crippen LogP contribution in [0.15, 0.2) is 0 Å². The molecular weight excluding hydrogens is 276 g/mol. The predicted molar refractivity (Wildman–Crippen MR) is 82.8 cm³/mol. The molecule has 0 bridgehead atoms. The van der Waals surface area contributed by atoms with Crippen molar-refractivity contribution >= 4 is 18.3 Å². The predicted octanol–water partition coefficient (Wildman–Crippen LogP) is 1.94. The average molecular weight is 305 g/mol. The molecule has 3 N–H and O–H groups in total. The van der Waals surface area contributed by atoms with E-state index < -0.39 is 0 Å². The maximum absolute atomic E-state index is 12.3. The summed E-state index contributed by atoms with van der Waals surface area (Å²) < 4.78 is 0. The number of carbonyl (C=O) groups is 1. The molecule has 0 spiro atoms. The van der Waals surface area contributed by atoms with Gasteiger partial charge in [-0.2, -0.15) is 0 Å². The Balaban J connectivity index is 0.00000200. The summed E-state index contributed by atoms with van der Waals surface area (Å²) in [6.07, 6.45) is 6.85. The first-order chi connectivity index (χ1) is 9.08. The Morgan fingerprint density at radius 1 is 1.25 bits per heavy atom. The van der Waals surface area contributed by atoms with Gasteiger partial charge in [0.15, 0.2) is 0 Å². The normalized spacial score (nSPS) is 29.6. The minimum Gasteiger partial charge on any atom is -0.393 e. The van der Waals surface area contributed by atoms with Crippen molar-refractivity contribution in [3.8, 4) is 0 Å². The number of piperidine rings is 1. The van der Waals surface area contributed by atoms with Crippen LogP contribution in [0.1, 0.15) is 51.9 Å². The zero-order valence-electron chi connectivity index (χ0n) is 12.5. The second kappa shape index (κ2) is 8.20. The molecule has 0 aromatic carbocycles. The third kappa shape index (κ3) is 4.61. The molecule has 20 heavy (non-hydrogen) atoms. The molecule has 2 aliphatic rings. The SMILES string of the molecule is CC(O)C1CCN(C(=O)CC2CCCCC2N)CC1.Cl. The highest BCUT2D eigenvalue weighted by molar-refractivity contribution is 5.85. The van der Waals surface area contributed by atoms with Crippen molar-refractivity contribution in [2.24, 2.45) is 17.6 Å². The van der Waals surface area contributed by atoms with Gasteiger partial charge < -0.3 is 15.7 Å². The maximum atomic E-state index is 12.3. The monoisotopic (exact) mass is 304 g/mol. The second-order valence-corrected chi connectivity index (χ2v) is 6.37. The van der Waals surface area contributed by atoms with E-state index in [0.29, 0.717) is 18.3 Å². The first-order valence-electron chi connectivity index (χ1n) is 7.79. The van der Waals surface area contributed by atoms with Gasteiger partial charge in [0.2, 0.25) is 5.91 Å². The lowest BCUT2D eigenvalue weighted by molar-refractivity contribution is -0.134. The summed E-state index contributed by atoms with van der Waals surface area (Å²) in [6.45, 7) is 3.45. The van der Waals surface area contributed by atoms with Crippen LogP contribution >= 0.6 is 12.4 Å². The number of hydrogen-bond acceptors (Lipinski definition) is 3. The van der Waals surface area contributed by atoms with Crippen LogP contribution < -0.4 is 5.73 Å². The van der Waals surface area contributed by atoms with Crippen LogP contribution in [0.3, 0.4) is 0 Å². The van der Waals surface area contributed by atoms with E-state index in [1.807, 2.05) is 11.8 Å². The van der Waals surface area contributed by atoms with Gasteiger partial charge in [-0.15, -0.1) is 12.4 Å². The molecule has 1 amide bonds. The lowest BCUT2D eigenvalue weighted by Crippen LogP contribution is -2.43. The fourth-order valence-electron chi connectivity index (χ4n) is 3.47. The van der Waals surface area contributed by atoms with Gasteiger partial charge in [0.05, 0.1) is 6.10 Å². The van der Waals surface area contributed by atoms with E-state index in [2.05, 4.69) is 0 Å². The summed E-state index contributed by atoms with van der Waals surface area (Å²) in [5.41, 5.74) is 6.11. The Morgan fingerprint density at radius 2 is 1.85 bits per heavy atom. The smallest absolute Gasteiger partial charge is 0.222 e. The molecule has 5 heteroatoms.